The van der Waals surface area contributed by atoms with Gasteiger partial charge in [-0.05, 0) is 26.3 Å². The molecule has 2 rings (SSSR count). The number of benzene rings is 1. The van der Waals surface area contributed by atoms with Gasteiger partial charge in [-0.25, -0.2) is 0 Å². The molecule has 0 bridgehead atoms. The highest BCUT2D eigenvalue weighted by Gasteiger charge is 2.41. The van der Waals surface area contributed by atoms with Gasteiger partial charge < -0.3 is 15.2 Å². The normalized spacial score (nSPS) is 28.0. The molecule has 0 fully saturated rings. The number of anilines is 1. The largest absolute Gasteiger partial charge is 0.385 e. The lowest BCUT2D eigenvalue weighted by molar-refractivity contribution is -0.143. The first-order valence-corrected chi connectivity index (χ1v) is 8.08. The highest BCUT2D eigenvalue weighted by Crippen LogP contribution is 2.40. The summed E-state index contributed by atoms with van der Waals surface area (Å²) in [5.74, 6) is -0.293. The number of para-hydroxylation sites is 1. The van der Waals surface area contributed by atoms with E-state index in [1.54, 1.807) is 13.8 Å². The van der Waals surface area contributed by atoms with Crippen molar-refractivity contribution in [1.82, 2.24) is 0 Å². The summed E-state index contributed by atoms with van der Waals surface area (Å²) in [6, 6.07) is 7.52. The Morgan fingerprint density at radius 2 is 2.05 bits per heavy atom. The van der Waals surface area contributed by atoms with Crippen molar-refractivity contribution in [2.24, 2.45) is 5.92 Å². The monoisotopic (exact) mass is 305 g/mol. The highest BCUT2D eigenvalue weighted by atomic mass is 16.5. The maximum absolute atomic E-state index is 12.4. The zero-order chi connectivity index (χ0) is 16.4. The number of aliphatic hydroxyl groups is 1. The van der Waals surface area contributed by atoms with Crippen LogP contribution in [0.15, 0.2) is 24.3 Å². The smallest absolute Gasteiger partial charge is 0.256 e. The zero-order valence-electron chi connectivity index (χ0n) is 14.0. The minimum atomic E-state index is -1.000. The van der Waals surface area contributed by atoms with Crippen molar-refractivity contribution in [3.63, 3.8) is 0 Å². The van der Waals surface area contributed by atoms with Gasteiger partial charge in [0.25, 0.3) is 5.91 Å². The summed E-state index contributed by atoms with van der Waals surface area (Å²) in [6.07, 6.45) is 2.59. The molecule has 1 aliphatic heterocycles. The van der Waals surface area contributed by atoms with Crippen LogP contribution in [0.3, 0.4) is 0 Å². The Hall–Kier alpha value is -1.39. The number of hydrogen-bond acceptors (Lipinski definition) is 3. The van der Waals surface area contributed by atoms with Gasteiger partial charge in [-0.15, -0.1) is 0 Å². The van der Waals surface area contributed by atoms with Crippen LogP contribution in [-0.2, 0) is 15.1 Å². The molecule has 4 heteroatoms. The van der Waals surface area contributed by atoms with Gasteiger partial charge in [-0.3, -0.25) is 4.79 Å². The molecule has 1 amide bonds. The second kappa shape index (κ2) is 6.39. The van der Waals surface area contributed by atoms with Crippen LogP contribution in [0.1, 0.15) is 52.5 Å². The van der Waals surface area contributed by atoms with Crippen molar-refractivity contribution in [3.05, 3.63) is 29.8 Å². The molecule has 0 aromatic heterocycles. The number of hydrogen-bond donors (Lipinski definition) is 2. The first-order valence-electron chi connectivity index (χ1n) is 8.08. The molecule has 0 saturated heterocycles. The maximum Gasteiger partial charge on any atom is 0.256 e. The van der Waals surface area contributed by atoms with Crippen LogP contribution in [0.5, 0.6) is 0 Å². The fourth-order valence-electron chi connectivity index (χ4n) is 2.87. The molecule has 1 aromatic carbocycles. The molecule has 1 aromatic rings. The molecular formula is C18H27NO3. The SMILES string of the molecule is CCCCC1(O)c2ccccc2NC(=O)C(C)(C)OCC1C. The standard InChI is InChI=1S/C18H27NO3/c1-5-6-11-18(21)13(2)12-22-17(3,4)16(20)19-15-10-8-7-9-14(15)18/h7-10,13,21H,5-6,11-12H2,1-4H3,(H,19,20). The van der Waals surface area contributed by atoms with E-state index in [-0.39, 0.29) is 11.8 Å². The Bertz CT molecular complexity index is 541. The summed E-state index contributed by atoms with van der Waals surface area (Å²) in [5.41, 5.74) is -0.459. The summed E-state index contributed by atoms with van der Waals surface area (Å²) in [4.78, 5) is 12.4. The summed E-state index contributed by atoms with van der Waals surface area (Å²) >= 11 is 0. The van der Waals surface area contributed by atoms with Gasteiger partial charge >= 0.3 is 0 Å². The minimum Gasteiger partial charge on any atom is -0.385 e. The topological polar surface area (TPSA) is 58.6 Å². The number of ether oxygens (including phenoxy) is 1. The van der Waals surface area contributed by atoms with E-state index >= 15 is 0 Å². The summed E-state index contributed by atoms with van der Waals surface area (Å²) in [5, 5.41) is 14.3. The second-order valence-corrected chi connectivity index (χ2v) is 6.75. The summed E-state index contributed by atoms with van der Waals surface area (Å²) in [7, 11) is 0. The van der Waals surface area contributed by atoms with Gasteiger partial charge in [0.2, 0.25) is 0 Å². The summed E-state index contributed by atoms with van der Waals surface area (Å²) in [6.45, 7) is 7.95. The molecular weight excluding hydrogens is 278 g/mol. The number of fused-ring (bicyclic) bond motifs is 1. The molecule has 22 heavy (non-hydrogen) atoms. The van der Waals surface area contributed by atoms with E-state index in [1.165, 1.54) is 0 Å². The van der Waals surface area contributed by atoms with E-state index in [9.17, 15) is 9.90 Å². The molecule has 1 heterocycles. The van der Waals surface area contributed by atoms with Crippen LogP contribution in [0.4, 0.5) is 5.69 Å². The molecule has 0 spiro atoms. The van der Waals surface area contributed by atoms with Crippen LogP contribution in [0.25, 0.3) is 0 Å². The van der Waals surface area contributed by atoms with Crippen LogP contribution >= 0.6 is 0 Å². The van der Waals surface area contributed by atoms with E-state index in [0.29, 0.717) is 18.7 Å². The molecule has 1 aliphatic rings. The number of nitrogens with one attached hydrogen (secondary N) is 1. The van der Waals surface area contributed by atoms with Crippen molar-refractivity contribution in [1.29, 1.82) is 0 Å². The number of carbonyl (C=O) groups excluding carboxylic acids is 1. The number of unbranched alkanes of at least 4 members (excludes halogenated alkanes) is 1. The molecule has 4 nitrogen and oxygen atoms in total. The Morgan fingerprint density at radius 3 is 2.73 bits per heavy atom. The maximum atomic E-state index is 12.4. The van der Waals surface area contributed by atoms with E-state index in [0.717, 1.165) is 18.4 Å². The number of rotatable bonds is 3. The average molecular weight is 305 g/mol. The minimum absolute atomic E-state index is 0.104. The molecule has 2 unspecified atom stereocenters. The van der Waals surface area contributed by atoms with Crippen molar-refractivity contribution >= 4 is 11.6 Å². The second-order valence-electron chi connectivity index (χ2n) is 6.75. The van der Waals surface area contributed by atoms with Crippen LogP contribution in [0, 0.1) is 5.92 Å². The molecule has 0 aliphatic carbocycles. The lowest BCUT2D eigenvalue weighted by Gasteiger charge is -2.35. The average Bonchev–Trinajstić information content (AvgIpc) is 2.52. The van der Waals surface area contributed by atoms with Crippen LogP contribution < -0.4 is 5.32 Å². The molecule has 2 N–H and O–H groups in total. The van der Waals surface area contributed by atoms with Gasteiger partial charge in [0.05, 0.1) is 12.2 Å². The quantitative estimate of drug-likeness (QED) is 0.899. The van der Waals surface area contributed by atoms with Crippen molar-refractivity contribution < 1.29 is 14.6 Å². The Balaban J connectivity index is 2.51. The predicted octanol–water partition coefficient (Wildman–Crippen LogP) is 3.45. The molecule has 0 radical (unpaired) electrons. The molecule has 0 saturated carbocycles. The van der Waals surface area contributed by atoms with E-state index in [1.807, 2.05) is 31.2 Å². The fourth-order valence-corrected chi connectivity index (χ4v) is 2.87. The van der Waals surface area contributed by atoms with Gasteiger partial charge in [-0.2, -0.15) is 0 Å². The Labute approximate surface area is 132 Å². The van der Waals surface area contributed by atoms with E-state index in [2.05, 4.69) is 12.2 Å². The van der Waals surface area contributed by atoms with Gasteiger partial charge in [0.15, 0.2) is 0 Å². The first kappa shape index (κ1) is 17.0. The molecule has 2 atom stereocenters. The van der Waals surface area contributed by atoms with Crippen molar-refractivity contribution in [2.45, 2.75) is 58.2 Å². The van der Waals surface area contributed by atoms with E-state index < -0.39 is 11.2 Å². The Morgan fingerprint density at radius 1 is 1.36 bits per heavy atom. The van der Waals surface area contributed by atoms with Crippen molar-refractivity contribution in [2.75, 3.05) is 11.9 Å². The third-order valence-electron chi connectivity index (χ3n) is 4.61. The van der Waals surface area contributed by atoms with Gasteiger partial charge in [0.1, 0.15) is 5.60 Å². The van der Waals surface area contributed by atoms with Crippen LogP contribution in [-0.4, -0.2) is 23.2 Å². The highest BCUT2D eigenvalue weighted by molar-refractivity contribution is 5.97. The third-order valence-corrected chi connectivity index (χ3v) is 4.61. The first-order chi connectivity index (χ1) is 10.3. The lowest BCUT2D eigenvalue weighted by Crippen LogP contribution is -2.41. The van der Waals surface area contributed by atoms with Crippen LogP contribution in [0.2, 0.25) is 0 Å². The van der Waals surface area contributed by atoms with E-state index in [4.69, 9.17) is 4.74 Å². The van der Waals surface area contributed by atoms with Gasteiger partial charge in [-0.1, -0.05) is 44.9 Å². The Kier molecular flexibility index (Phi) is 4.93. The van der Waals surface area contributed by atoms with Crippen molar-refractivity contribution in [3.8, 4) is 0 Å². The number of carbonyl (C=O) groups is 1. The predicted molar refractivity (Wildman–Crippen MR) is 87.7 cm³/mol. The number of amides is 1. The zero-order valence-corrected chi connectivity index (χ0v) is 14.0. The summed E-state index contributed by atoms with van der Waals surface area (Å²) < 4.78 is 5.81. The third kappa shape index (κ3) is 3.18. The van der Waals surface area contributed by atoms with Gasteiger partial charge in [0, 0.05) is 17.2 Å². The molecule has 122 valence electrons. The fraction of sp³-hybridized carbons (Fsp3) is 0.611. The lowest BCUT2D eigenvalue weighted by atomic mass is 9.78.